The number of rotatable bonds is 4. The summed E-state index contributed by atoms with van der Waals surface area (Å²) in [6.45, 7) is 6.15. The van der Waals surface area contributed by atoms with E-state index in [0.29, 0.717) is 11.3 Å². The minimum atomic E-state index is -0.192. The molecule has 1 amide bonds. The first kappa shape index (κ1) is 14.0. The van der Waals surface area contributed by atoms with Crippen LogP contribution in [-0.4, -0.2) is 11.4 Å². The van der Waals surface area contributed by atoms with Crippen LogP contribution in [0.3, 0.4) is 0 Å². The molecule has 17 heavy (non-hydrogen) atoms. The van der Waals surface area contributed by atoms with E-state index >= 15 is 0 Å². The number of carbonyl (C=O) groups is 1. The number of amides is 1. The van der Waals surface area contributed by atoms with Crippen LogP contribution in [0.4, 0.5) is 5.69 Å². The van der Waals surface area contributed by atoms with Crippen LogP contribution < -0.4 is 11.1 Å². The van der Waals surface area contributed by atoms with Crippen molar-refractivity contribution in [3.63, 3.8) is 0 Å². The van der Waals surface area contributed by atoms with Gasteiger partial charge in [-0.1, -0.05) is 29.3 Å². The van der Waals surface area contributed by atoms with Crippen LogP contribution >= 0.6 is 15.9 Å². The van der Waals surface area contributed by atoms with Crippen LogP contribution in [0.15, 0.2) is 22.7 Å². The monoisotopic (exact) mass is 298 g/mol. The Morgan fingerprint density at radius 1 is 1.41 bits per heavy atom. The summed E-state index contributed by atoms with van der Waals surface area (Å²) < 4.78 is 0.816. The summed E-state index contributed by atoms with van der Waals surface area (Å²) in [7, 11) is 0. The van der Waals surface area contributed by atoms with Crippen LogP contribution in [0.5, 0.6) is 0 Å². The third-order valence-corrected chi connectivity index (χ3v) is 2.97. The molecule has 0 fully saturated rings. The molecule has 0 radical (unpaired) electrons. The molecule has 0 saturated carbocycles. The van der Waals surface area contributed by atoms with Crippen LogP contribution in [0.2, 0.25) is 0 Å². The first-order valence-electron chi connectivity index (χ1n) is 5.72. The highest BCUT2D eigenvalue weighted by molar-refractivity contribution is 9.10. The van der Waals surface area contributed by atoms with E-state index in [4.69, 9.17) is 5.73 Å². The van der Waals surface area contributed by atoms with Gasteiger partial charge in [-0.05, 0) is 38.5 Å². The molecule has 0 heterocycles. The highest BCUT2D eigenvalue weighted by Crippen LogP contribution is 2.18. The van der Waals surface area contributed by atoms with Crippen molar-refractivity contribution in [1.82, 2.24) is 5.32 Å². The van der Waals surface area contributed by atoms with E-state index in [1.54, 1.807) is 18.2 Å². The SMILES string of the molecule is CCCC(C)(C)NC(=O)c1cc(N)cc(Br)c1. The molecule has 0 aliphatic rings. The Bertz CT molecular complexity index is 396. The summed E-state index contributed by atoms with van der Waals surface area (Å²) in [6.07, 6.45) is 1.98. The largest absolute Gasteiger partial charge is 0.399 e. The van der Waals surface area contributed by atoms with E-state index in [1.165, 1.54) is 0 Å². The maximum Gasteiger partial charge on any atom is 0.251 e. The van der Waals surface area contributed by atoms with E-state index in [1.807, 2.05) is 13.8 Å². The van der Waals surface area contributed by atoms with Crippen molar-refractivity contribution in [1.29, 1.82) is 0 Å². The summed E-state index contributed by atoms with van der Waals surface area (Å²) >= 11 is 3.33. The van der Waals surface area contributed by atoms with Gasteiger partial charge in [-0.25, -0.2) is 0 Å². The van der Waals surface area contributed by atoms with Gasteiger partial charge in [0.2, 0.25) is 0 Å². The number of hydrogen-bond donors (Lipinski definition) is 2. The van der Waals surface area contributed by atoms with Crippen LogP contribution in [0.1, 0.15) is 44.0 Å². The smallest absolute Gasteiger partial charge is 0.251 e. The molecule has 0 spiro atoms. The van der Waals surface area contributed by atoms with Gasteiger partial charge in [0.1, 0.15) is 0 Å². The van der Waals surface area contributed by atoms with Gasteiger partial charge in [-0.2, -0.15) is 0 Å². The minimum Gasteiger partial charge on any atom is -0.399 e. The van der Waals surface area contributed by atoms with Gasteiger partial charge in [-0.15, -0.1) is 0 Å². The molecule has 0 aromatic heterocycles. The molecule has 1 rings (SSSR count). The number of anilines is 1. The zero-order valence-corrected chi connectivity index (χ0v) is 12.1. The Morgan fingerprint density at radius 3 is 2.59 bits per heavy atom. The maximum absolute atomic E-state index is 12.1. The van der Waals surface area contributed by atoms with Crippen molar-refractivity contribution in [3.8, 4) is 0 Å². The summed E-state index contributed by atoms with van der Waals surface area (Å²) in [5, 5.41) is 3.01. The van der Waals surface area contributed by atoms with Gasteiger partial charge in [-0.3, -0.25) is 4.79 Å². The molecular formula is C13H19BrN2O. The molecule has 0 saturated heterocycles. The normalized spacial score (nSPS) is 11.3. The number of nitrogens with two attached hydrogens (primary N) is 1. The molecule has 0 aliphatic heterocycles. The standard InChI is InChI=1S/C13H19BrN2O/c1-4-5-13(2,3)16-12(17)9-6-10(14)8-11(15)7-9/h6-8H,4-5,15H2,1-3H3,(H,16,17). The fourth-order valence-corrected chi connectivity index (χ4v) is 2.32. The molecular weight excluding hydrogens is 280 g/mol. The zero-order valence-electron chi connectivity index (χ0n) is 10.5. The van der Waals surface area contributed by atoms with E-state index in [-0.39, 0.29) is 11.4 Å². The van der Waals surface area contributed by atoms with E-state index in [0.717, 1.165) is 17.3 Å². The summed E-state index contributed by atoms with van der Waals surface area (Å²) in [5.41, 5.74) is 6.68. The number of nitrogen functional groups attached to an aromatic ring is 1. The lowest BCUT2D eigenvalue weighted by atomic mass is 9.98. The highest BCUT2D eigenvalue weighted by atomic mass is 79.9. The molecule has 0 aliphatic carbocycles. The quantitative estimate of drug-likeness (QED) is 0.838. The first-order chi connectivity index (χ1) is 7.84. The summed E-state index contributed by atoms with van der Waals surface area (Å²) in [5.74, 6) is -0.0866. The third-order valence-electron chi connectivity index (χ3n) is 2.51. The van der Waals surface area contributed by atoms with Crippen molar-refractivity contribution in [2.24, 2.45) is 0 Å². The van der Waals surface area contributed by atoms with E-state index in [9.17, 15) is 4.79 Å². The van der Waals surface area contributed by atoms with Gasteiger partial charge in [0.25, 0.3) is 5.91 Å². The number of carbonyl (C=O) groups excluding carboxylic acids is 1. The van der Waals surface area contributed by atoms with Crippen molar-refractivity contribution in [2.75, 3.05) is 5.73 Å². The minimum absolute atomic E-state index is 0.0866. The fourth-order valence-electron chi connectivity index (χ4n) is 1.81. The lowest BCUT2D eigenvalue weighted by Crippen LogP contribution is -2.43. The fraction of sp³-hybridized carbons (Fsp3) is 0.462. The molecule has 1 aromatic rings. The lowest BCUT2D eigenvalue weighted by molar-refractivity contribution is 0.0909. The Kier molecular flexibility index (Phi) is 4.57. The second-order valence-corrected chi connectivity index (χ2v) is 5.78. The lowest BCUT2D eigenvalue weighted by Gasteiger charge is -2.25. The Balaban J connectivity index is 2.83. The highest BCUT2D eigenvalue weighted by Gasteiger charge is 2.20. The predicted molar refractivity (Wildman–Crippen MR) is 75.0 cm³/mol. The van der Waals surface area contributed by atoms with Gasteiger partial charge >= 0.3 is 0 Å². The second kappa shape index (κ2) is 5.54. The van der Waals surface area contributed by atoms with Gasteiger partial charge < -0.3 is 11.1 Å². The molecule has 3 N–H and O–H groups in total. The van der Waals surface area contributed by atoms with E-state index in [2.05, 4.69) is 28.2 Å². The molecule has 4 heteroatoms. The molecule has 0 bridgehead atoms. The molecule has 3 nitrogen and oxygen atoms in total. The molecule has 0 atom stereocenters. The van der Waals surface area contributed by atoms with Gasteiger partial charge in [0.15, 0.2) is 0 Å². The van der Waals surface area contributed by atoms with Gasteiger partial charge in [0.05, 0.1) is 0 Å². The average Bonchev–Trinajstić information content (AvgIpc) is 2.14. The number of benzene rings is 1. The first-order valence-corrected chi connectivity index (χ1v) is 6.52. The predicted octanol–water partition coefficient (Wildman–Crippen LogP) is 3.34. The van der Waals surface area contributed by atoms with E-state index < -0.39 is 0 Å². The Labute approximate surface area is 111 Å². The third kappa shape index (κ3) is 4.38. The van der Waals surface area contributed by atoms with Crippen molar-refractivity contribution in [2.45, 2.75) is 39.2 Å². The van der Waals surface area contributed by atoms with Crippen molar-refractivity contribution >= 4 is 27.5 Å². The van der Waals surface area contributed by atoms with Crippen LogP contribution in [0.25, 0.3) is 0 Å². The zero-order chi connectivity index (χ0) is 13.1. The Hall–Kier alpha value is -1.03. The number of nitrogens with one attached hydrogen (secondary N) is 1. The molecule has 94 valence electrons. The summed E-state index contributed by atoms with van der Waals surface area (Å²) in [6, 6.07) is 5.23. The van der Waals surface area contributed by atoms with Crippen molar-refractivity contribution < 1.29 is 4.79 Å². The van der Waals surface area contributed by atoms with Crippen LogP contribution in [-0.2, 0) is 0 Å². The van der Waals surface area contributed by atoms with Crippen molar-refractivity contribution in [3.05, 3.63) is 28.2 Å². The second-order valence-electron chi connectivity index (χ2n) is 4.86. The number of hydrogen-bond acceptors (Lipinski definition) is 2. The Morgan fingerprint density at radius 2 is 2.06 bits per heavy atom. The van der Waals surface area contributed by atoms with Crippen LogP contribution in [0, 0.1) is 0 Å². The summed E-state index contributed by atoms with van der Waals surface area (Å²) in [4.78, 5) is 12.1. The van der Waals surface area contributed by atoms with Gasteiger partial charge in [0, 0.05) is 21.3 Å². The molecule has 1 aromatic carbocycles. The topological polar surface area (TPSA) is 55.1 Å². The maximum atomic E-state index is 12.1. The average molecular weight is 299 g/mol. The number of halogens is 1. The molecule has 0 unspecified atom stereocenters.